The molecule has 26 heavy (non-hydrogen) atoms. The number of benzene rings is 2. The minimum atomic E-state index is -0.243. The first-order chi connectivity index (χ1) is 12.7. The third-order valence-electron chi connectivity index (χ3n) is 4.28. The minimum Gasteiger partial charge on any atom is -0.497 e. The standard InChI is InChI=1S/C19H17NO4S2/c1-22-14-5-3-13(4-6-14)20-18(21)17(26-19(20)25)11-12-2-7-15-16(10-12)24-9-8-23-15/h2-7,10,17H,8-9,11H2,1H3. The number of ether oxygens (including phenoxy) is 3. The number of amides is 1. The van der Waals surface area contributed by atoms with Crippen molar-refractivity contribution in [2.24, 2.45) is 0 Å². The Hall–Kier alpha value is -2.25. The van der Waals surface area contributed by atoms with Gasteiger partial charge in [-0.25, -0.2) is 0 Å². The number of rotatable bonds is 4. The van der Waals surface area contributed by atoms with Gasteiger partial charge < -0.3 is 14.2 Å². The molecule has 0 saturated carbocycles. The van der Waals surface area contributed by atoms with Gasteiger partial charge in [-0.3, -0.25) is 9.69 Å². The van der Waals surface area contributed by atoms with Gasteiger partial charge >= 0.3 is 0 Å². The van der Waals surface area contributed by atoms with Crippen molar-refractivity contribution in [3.05, 3.63) is 48.0 Å². The highest BCUT2D eigenvalue weighted by Gasteiger charge is 2.38. The third kappa shape index (κ3) is 3.24. The van der Waals surface area contributed by atoms with Crippen LogP contribution >= 0.6 is 24.0 Å². The molecule has 0 aliphatic carbocycles. The van der Waals surface area contributed by atoms with Gasteiger partial charge in [-0.05, 0) is 48.4 Å². The predicted octanol–water partition coefficient (Wildman–Crippen LogP) is 3.44. The van der Waals surface area contributed by atoms with Crippen LogP contribution in [0.5, 0.6) is 17.2 Å². The van der Waals surface area contributed by atoms with Gasteiger partial charge in [0.1, 0.15) is 23.3 Å². The second kappa shape index (κ2) is 7.17. The van der Waals surface area contributed by atoms with Crippen molar-refractivity contribution in [1.82, 2.24) is 0 Å². The van der Waals surface area contributed by atoms with Crippen LogP contribution in [0.1, 0.15) is 5.56 Å². The number of hydrogen-bond acceptors (Lipinski definition) is 6. The van der Waals surface area contributed by atoms with Crippen LogP contribution in [-0.4, -0.2) is 35.8 Å². The molecular weight excluding hydrogens is 370 g/mol. The second-order valence-electron chi connectivity index (χ2n) is 5.93. The number of hydrogen-bond donors (Lipinski definition) is 0. The van der Waals surface area contributed by atoms with Crippen molar-refractivity contribution >= 4 is 39.9 Å². The first-order valence-electron chi connectivity index (χ1n) is 8.23. The lowest BCUT2D eigenvalue weighted by Crippen LogP contribution is -2.32. The molecule has 0 N–H and O–H groups in total. The lowest BCUT2D eigenvalue weighted by molar-refractivity contribution is -0.116. The van der Waals surface area contributed by atoms with Crippen molar-refractivity contribution in [2.75, 3.05) is 25.2 Å². The number of carbonyl (C=O) groups is 1. The van der Waals surface area contributed by atoms with E-state index >= 15 is 0 Å². The maximum Gasteiger partial charge on any atom is 0.246 e. The highest BCUT2D eigenvalue weighted by molar-refractivity contribution is 8.25. The van der Waals surface area contributed by atoms with E-state index in [0.717, 1.165) is 28.5 Å². The van der Waals surface area contributed by atoms with Crippen LogP contribution < -0.4 is 19.1 Å². The maximum absolute atomic E-state index is 12.9. The Labute approximate surface area is 161 Å². The van der Waals surface area contributed by atoms with Crippen molar-refractivity contribution in [3.63, 3.8) is 0 Å². The zero-order chi connectivity index (χ0) is 18.1. The quantitative estimate of drug-likeness (QED) is 0.749. The van der Waals surface area contributed by atoms with Crippen molar-refractivity contribution < 1.29 is 19.0 Å². The van der Waals surface area contributed by atoms with E-state index in [9.17, 15) is 4.79 Å². The van der Waals surface area contributed by atoms with Gasteiger partial charge in [0, 0.05) is 0 Å². The number of nitrogens with zero attached hydrogens (tertiary/aromatic N) is 1. The number of carbonyl (C=O) groups excluding carboxylic acids is 1. The second-order valence-corrected chi connectivity index (χ2v) is 7.76. The fourth-order valence-corrected chi connectivity index (χ4v) is 4.55. The average molecular weight is 387 g/mol. The molecule has 4 rings (SSSR count). The molecular formula is C19H17NO4S2. The number of fused-ring (bicyclic) bond motifs is 1. The first kappa shape index (κ1) is 17.2. The molecule has 134 valence electrons. The van der Waals surface area contributed by atoms with Gasteiger partial charge in [0.05, 0.1) is 18.0 Å². The lowest BCUT2D eigenvalue weighted by atomic mass is 10.1. The molecule has 0 spiro atoms. The zero-order valence-electron chi connectivity index (χ0n) is 14.1. The summed E-state index contributed by atoms with van der Waals surface area (Å²) in [5.74, 6) is 2.23. The van der Waals surface area contributed by atoms with E-state index in [2.05, 4.69) is 0 Å². The van der Waals surface area contributed by atoms with E-state index in [-0.39, 0.29) is 11.2 Å². The summed E-state index contributed by atoms with van der Waals surface area (Å²) in [6.45, 7) is 1.11. The first-order valence-corrected chi connectivity index (χ1v) is 9.51. The van der Waals surface area contributed by atoms with Crippen LogP contribution in [0.25, 0.3) is 0 Å². The van der Waals surface area contributed by atoms with Crippen LogP contribution in [0.2, 0.25) is 0 Å². The van der Waals surface area contributed by atoms with Crippen LogP contribution in [0.3, 0.4) is 0 Å². The molecule has 7 heteroatoms. The molecule has 1 unspecified atom stereocenters. The Kier molecular flexibility index (Phi) is 4.74. The molecule has 2 aromatic rings. The van der Waals surface area contributed by atoms with Gasteiger partial charge in [-0.2, -0.15) is 0 Å². The van der Waals surface area contributed by atoms with Crippen LogP contribution in [-0.2, 0) is 11.2 Å². The fraction of sp³-hybridized carbons (Fsp3) is 0.263. The Morgan fingerprint density at radius 2 is 1.88 bits per heavy atom. The van der Waals surface area contributed by atoms with Gasteiger partial charge in [0.25, 0.3) is 0 Å². The summed E-state index contributed by atoms with van der Waals surface area (Å²) in [6, 6.07) is 13.1. The average Bonchev–Trinajstić information content (AvgIpc) is 2.95. The van der Waals surface area contributed by atoms with Crippen molar-refractivity contribution in [2.45, 2.75) is 11.7 Å². The summed E-state index contributed by atoms with van der Waals surface area (Å²) < 4.78 is 16.9. The highest BCUT2D eigenvalue weighted by atomic mass is 32.2. The van der Waals surface area contributed by atoms with E-state index < -0.39 is 0 Å². The SMILES string of the molecule is COc1ccc(N2C(=O)C(Cc3ccc4c(c3)OCCO4)SC2=S)cc1. The van der Waals surface area contributed by atoms with Gasteiger partial charge in [-0.1, -0.05) is 30.0 Å². The molecule has 1 amide bonds. The van der Waals surface area contributed by atoms with Gasteiger partial charge in [0.2, 0.25) is 5.91 Å². The van der Waals surface area contributed by atoms with E-state index in [1.807, 2.05) is 42.5 Å². The van der Waals surface area contributed by atoms with Crippen molar-refractivity contribution in [3.8, 4) is 17.2 Å². The molecule has 2 aliphatic rings. The topological polar surface area (TPSA) is 48.0 Å². The molecule has 1 atom stereocenters. The molecule has 0 bridgehead atoms. The summed E-state index contributed by atoms with van der Waals surface area (Å²) in [7, 11) is 1.61. The molecule has 1 fully saturated rings. The zero-order valence-corrected chi connectivity index (χ0v) is 15.8. The number of thioether (sulfide) groups is 1. The summed E-state index contributed by atoms with van der Waals surface area (Å²) in [5, 5.41) is -0.243. The van der Waals surface area contributed by atoms with Crippen LogP contribution in [0.15, 0.2) is 42.5 Å². The van der Waals surface area contributed by atoms with Crippen molar-refractivity contribution in [1.29, 1.82) is 0 Å². The molecule has 0 aromatic heterocycles. The maximum atomic E-state index is 12.9. The summed E-state index contributed by atoms with van der Waals surface area (Å²) in [5.41, 5.74) is 1.79. The highest BCUT2D eigenvalue weighted by Crippen LogP contribution is 2.36. The molecule has 2 heterocycles. The Morgan fingerprint density at radius 1 is 1.15 bits per heavy atom. The van der Waals surface area contributed by atoms with E-state index in [1.54, 1.807) is 12.0 Å². The Balaban J connectivity index is 1.51. The predicted molar refractivity (Wildman–Crippen MR) is 106 cm³/mol. The number of thiocarbonyl (C=S) groups is 1. The van der Waals surface area contributed by atoms with E-state index in [0.29, 0.717) is 24.0 Å². The minimum absolute atomic E-state index is 0.0000518. The lowest BCUT2D eigenvalue weighted by Gasteiger charge is -2.19. The largest absolute Gasteiger partial charge is 0.497 e. The Morgan fingerprint density at radius 3 is 2.62 bits per heavy atom. The monoisotopic (exact) mass is 387 g/mol. The van der Waals surface area contributed by atoms with E-state index in [1.165, 1.54) is 11.8 Å². The molecule has 2 aromatic carbocycles. The van der Waals surface area contributed by atoms with Crippen LogP contribution in [0, 0.1) is 0 Å². The van der Waals surface area contributed by atoms with E-state index in [4.69, 9.17) is 26.4 Å². The molecule has 1 saturated heterocycles. The van der Waals surface area contributed by atoms with Crippen LogP contribution in [0.4, 0.5) is 5.69 Å². The van der Waals surface area contributed by atoms with Gasteiger partial charge in [-0.15, -0.1) is 0 Å². The summed E-state index contributed by atoms with van der Waals surface area (Å²) in [6.07, 6.45) is 0.590. The number of anilines is 1. The number of methoxy groups -OCH3 is 1. The Bertz CT molecular complexity index is 853. The summed E-state index contributed by atoms with van der Waals surface area (Å²) >= 11 is 6.87. The molecule has 2 aliphatic heterocycles. The smallest absolute Gasteiger partial charge is 0.246 e. The third-order valence-corrected chi connectivity index (χ3v) is 5.79. The van der Waals surface area contributed by atoms with Gasteiger partial charge in [0.15, 0.2) is 11.5 Å². The summed E-state index contributed by atoms with van der Waals surface area (Å²) in [4.78, 5) is 14.5. The fourth-order valence-electron chi connectivity index (χ4n) is 2.98. The normalized spacial score (nSPS) is 19.0. The molecule has 0 radical (unpaired) electrons. The molecule has 5 nitrogen and oxygen atoms in total.